The molecule has 0 atom stereocenters. The number of carboxylic acid groups (broad SMARTS) is 1. The maximum atomic E-state index is 12.1. The topological polar surface area (TPSA) is 78.9 Å². The minimum Gasteiger partial charge on any atom is -0.481 e. The number of aliphatic carboxylic acids is 1. The molecule has 1 aliphatic heterocycles. The summed E-state index contributed by atoms with van der Waals surface area (Å²) in [4.78, 5) is 25.3. The zero-order valence-electron chi connectivity index (χ0n) is 17.6. The second-order valence-corrected chi connectivity index (χ2v) is 8.75. The van der Waals surface area contributed by atoms with Crippen molar-refractivity contribution in [2.24, 2.45) is 0 Å². The first-order valence-corrected chi connectivity index (χ1v) is 11.5. The summed E-state index contributed by atoms with van der Waals surface area (Å²) < 4.78 is 6.41. The van der Waals surface area contributed by atoms with Gasteiger partial charge in [0.1, 0.15) is 6.10 Å². The Balaban J connectivity index is 1.29. The molecule has 7 heteroatoms. The van der Waals surface area contributed by atoms with Crippen molar-refractivity contribution >= 4 is 33.7 Å². The van der Waals surface area contributed by atoms with E-state index in [-0.39, 0.29) is 12.5 Å². The van der Waals surface area contributed by atoms with Crippen LogP contribution in [0.2, 0.25) is 0 Å². The Bertz CT molecular complexity index is 864. The number of nitrogens with zero attached hydrogens (tertiary/aromatic N) is 1. The van der Waals surface area contributed by atoms with Crippen molar-refractivity contribution in [3.05, 3.63) is 64.1 Å². The van der Waals surface area contributed by atoms with Crippen molar-refractivity contribution in [2.75, 3.05) is 25.0 Å². The second kappa shape index (κ2) is 11.9. The lowest BCUT2D eigenvalue weighted by Gasteiger charge is -2.31. The number of aryl methyl sites for hydroxylation is 1. The highest BCUT2D eigenvalue weighted by molar-refractivity contribution is 9.10. The number of rotatable bonds is 9. The summed E-state index contributed by atoms with van der Waals surface area (Å²) in [6.07, 6.45) is 4.56. The minimum absolute atomic E-state index is 0.0388. The first-order valence-electron chi connectivity index (χ1n) is 10.7. The number of carbonyl (C=O) groups is 2. The fourth-order valence-corrected chi connectivity index (χ4v) is 4.15. The predicted octanol–water partition coefficient (Wildman–Crippen LogP) is 5.11. The number of halogens is 1. The molecule has 0 bridgehead atoms. The number of para-hydroxylation sites is 1. The number of piperidine rings is 1. The van der Waals surface area contributed by atoms with Gasteiger partial charge < -0.3 is 14.7 Å². The number of carboxylic acids is 1. The molecule has 0 aliphatic carbocycles. The smallest absolute Gasteiger partial charge is 0.411 e. The van der Waals surface area contributed by atoms with Gasteiger partial charge in [0.05, 0.1) is 12.1 Å². The summed E-state index contributed by atoms with van der Waals surface area (Å²) in [7, 11) is 0. The van der Waals surface area contributed by atoms with Crippen LogP contribution in [0.25, 0.3) is 0 Å². The Morgan fingerprint density at radius 2 is 1.71 bits per heavy atom. The van der Waals surface area contributed by atoms with Crippen LogP contribution < -0.4 is 5.32 Å². The molecule has 6 nitrogen and oxygen atoms in total. The van der Waals surface area contributed by atoms with E-state index in [1.165, 1.54) is 5.56 Å². The normalized spacial score (nSPS) is 14.9. The van der Waals surface area contributed by atoms with Crippen LogP contribution in [0.15, 0.2) is 53.0 Å². The van der Waals surface area contributed by atoms with Crippen molar-refractivity contribution in [1.29, 1.82) is 0 Å². The third kappa shape index (κ3) is 7.99. The van der Waals surface area contributed by atoms with Crippen LogP contribution in [0, 0.1) is 0 Å². The average molecular weight is 489 g/mol. The van der Waals surface area contributed by atoms with Gasteiger partial charge in [0.2, 0.25) is 0 Å². The van der Waals surface area contributed by atoms with Crippen molar-refractivity contribution < 1.29 is 19.4 Å². The van der Waals surface area contributed by atoms with E-state index in [0.717, 1.165) is 61.8 Å². The standard InChI is InChI=1S/C24H29BrN2O4/c25-21-6-1-2-7-22(21)26-24(30)31-20-12-15-27(16-13-20)14-4-3-5-18-8-10-19(11-9-18)17-23(28)29/h1-2,6-11,20H,3-5,12-17H2,(H,26,30)(H,28,29). The lowest BCUT2D eigenvalue weighted by molar-refractivity contribution is -0.136. The number of nitrogens with one attached hydrogen (secondary N) is 1. The zero-order valence-corrected chi connectivity index (χ0v) is 19.1. The summed E-state index contributed by atoms with van der Waals surface area (Å²) in [5, 5.41) is 11.6. The molecule has 1 fully saturated rings. The highest BCUT2D eigenvalue weighted by atomic mass is 79.9. The molecule has 0 radical (unpaired) electrons. The van der Waals surface area contributed by atoms with Crippen molar-refractivity contribution in [2.45, 2.75) is 44.6 Å². The summed E-state index contributed by atoms with van der Waals surface area (Å²) in [6, 6.07) is 15.3. The SMILES string of the molecule is O=C(O)Cc1ccc(CCCCN2CCC(OC(=O)Nc3ccccc3Br)CC2)cc1. The van der Waals surface area contributed by atoms with Gasteiger partial charge in [0, 0.05) is 17.6 Å². The number of hydrogen-bond acceptors (Lipinski definition) is 4. The summed E-state index contributed by atoms with van der Waals surface area (Å²) in [5.74, 6) is -0.799. The molecule has 31 heavy (non-hydrogen) atoms. The van der Waals surface area contributed by atoms with Gasteiger partial charge in [0.15, 0.2) is 0 Å². The van der Waals surface area contributed by atoms with Crippen LogP contribution in [-0.4, -0.2) is 47.8 Å². The van der Waals surface area contributed by atoms with Crippen molar-refractivity contribution in [1.82, 2.24) is 4.90 Å². The molecule has 2 N–H and O–H groups in total. The number of unbranched alkanes of at least 4 members (excludes halogenated alkanes) is 1. The first-order chi connectivity index (χ1) is 15.0. The molecule has 1 saturated heterocycles. The predicted molar refractivity (Wildman–Crippen MR) is 124 cm³/mol. The Hall–Kier alpha value is -2.38. The van der Waals surface area contributed by atoms with Crippen LogP contribution in [0.4, 0.5) is 10.5 Å². The highest BCUT2D eigenvalue weighted by Crippen LogP contribution is 2.22. The summed E-state index contributed by atoms with van der Waals surface area (Å²) in [5.41, 5.74) is 2.80. The number of benzene rings is 2. The largest absolute Gasteiger partial charge is 0.481 e. The van der Waals surface area contributed by atoms with E-state index in [4.69, 9.17) is 9.84 Å². The minimum atomic E-state index is -0.799. The molecule has 1 aliphatic rings. The van der Waals surface area contributed by atoms with E-state index >= 15 is 0 Å². The van der Waals surface area contributed by atoms with Crippen molar-refractivity contribution in [3.8, 4) is 0 Å². The number of hydrogen-bond donors (Lipinski definition) is 2. The number of amides is 1. The second-order valence-electron chi connectivity index (χ2n) is 7.90. The maximum Gasteiger partial charge on any atom is 0.411 e. The van der Waals surface area contributed by atoms with Gasteiger partial charge in [-0.1, -0.05) is 36.4 Å². The Morgan fingerprint density at radius 1 is 1.03 bits per heavy atom. The van der Waals surface area contributed by atoms with E-state index in [1.807, 2.05) is 48.5 Å². The Kier molecular flexibility index (Phi) is 8.91. The highest BCUT2D eigenvalue weighted by Gasteiger charge is 2.22. The molecule has 2 aromatic rings. The fourth-order valence-electron chi connectivity index (χ4n) is 3.77. The van der Waals surface area contributed by atoms with Crippen LogP contribution in [0.1, 0.15) is 36.8 Å². The molecule has 3 rings (SSSR count). The van der Waals surface area contributed by atoms with Crippen LogP contribution in [0.3, 0.4) is 0 Å². The van der Waals surface area contributed by atoms with Gasteiger partial charge in [-0.2, -0.15) is 0 Å². The van der Waals surface area contributed by atoms with Gasteiger partial charge in [-0.05, 0) is 77.8 Å². The fraction of sp³-hybridized carbons (Fsp3) is 0.417. The molecule has 1 heterocycles. The van der Waals surface area contributed by atoms with Gasteiger partial charge in [-0.25, -0.2) is 4.79 Å². The van der Waals surface area contributed by atoms with E-state index in [1.54, 1.807) is 0 Å². The van der Waals surface area contributed by atoms with E-state index in [2.05, 4.69) is 26.1 Å². The summed E-state index contributed by atoms with van der Waals surface area (Å²) in [6.45, 7) is 2.93. The number of likely N-dealkylation sites (tertiary alicyclic amines) is 1. The van der Waals surface area contributed by atoms with Crippen LogP contribution in [0.5, 0.6) is 0 Å². The monoisotopic (exact) mass is 488 g/mol. The van der Waals surface area contributed by atoms with Gasteiger partial charge >= 0.3 is 12.1 Å². The molecular formula is C24H29BrN2O4. The molecule has 0 aromatic heterocycles. The molecule has 166 valence electrons. The lowest BCUT2D eigenvalue weighted by Crippen LogP contribution is -2.38. The third-order valence-corrected chi connectivity index (χ3v) is 6.18. The molecular weight excluding hydrogens is 460 g/mol. The van der Waals surface area contributed by atoms with E-state index in [9.17, 15) is 9.59 Å². The maximum absolute atomic E-state index is 12.1. The molecule has 1 amide bonds. The Labute approximate surface area is 191 Å². The zero-order chi connectivity index (χ0) is 22.1. The first kappa shape index (κ1) is 23.3. The number of ether oxygens (including phenoxy) is 1. The quantitative estimate of drug-likeness (QED) is 0.479. The van der Waals surface area contributed by atoms with E-state index < -0.39 is 12.1 Å². The van der Waals surface area contributed by atoms with Crippen LogP contribution in [-0.2, 0) is 22.4 Å². The number of carbonyl (C=O) groups excluding carboxylic acids is 1. The lowest BCUT2D eigenvalue weighted by atomic mass is 10.0. The molecule has 0 saturated carbocycles. The van der Waals surface area contributed by atoms with Crippen molar-refractivity contribution in [3.63, 3.8) is 0 Å². The van der Waals surface area contributed by atoms with Gasteiger partial charge in [-0.15, -0.1) is 0 Å². The van der Waals surface area contributed by atoms with Gasteiger partial charge in [-0.3, -0.25) is 10.1 Å². The van der Waals surface area contributed by atoms with Crippen LogP contribution >= 0.6 is 15.9 Å². The molecule has 2 aromatic carbocycles. The molecule has 0 unspecified atom stereocenters. The number of anilines is 1. The Morgan fingerprint density at radius 3 is 2.39 bits per heavy atom. The molecule has 0 spiro atoms. The van der Waals surface area contributed by atoms with E-state index in [0.29, 0.717) is 5.69 Å². The third-order valence-electron chi connectivity index (χ3n) is 5.49. The average Bonchev–Trinajstić information content (AvgIpc) is 2.75. The van der Waals surface area contributed by atoms with Gasteiger partial charge in [0.25, 0.3) is 0 Å². The summed E-state index contributed by atoms with van der Waals surface area (Å²) >= 11 is 3.42.